The van der Waals surface area contributed by atoms with Gasteiger partial charge in [-0.3, -0.25) is 0 Å². The molecule has 0 amide bonds. The standard InChI is InChI=1S/C10H17N/c1-4-9(2)10(3)7-5-6-8-11/h4-5,7H,1,6,8,11H2,2-3H3/b7-5-,10-9-. The Morgan fingerprint density at radius 3 is 2.45 bits per heavy atom. The van der Waals surface area contributed by atoms with E-state index >= 15 is 0 Å². The second kappa shape index (κ2) is 5.93. The molecule has 1 nitrogen and oxygen atoms in total. The fourth-order valence-electron chi connectivity index (χ4n) is 0.649. The van der Waals surface area contributed by atoms with Gasteiger partial charge in [-0.25, -0.2) is 0 Å². The van der Waals surface area contributed by atoms with Gasteiger partial charge in [-0.15, -0.1) is 0 Å². The first kappa shape index (κ1) is 10.2. The van der Waals surface area contributed by atoms with E-state index in [0.29, 0.717) is 0 Å². The average Bonchev–Trinajstić information content (AvgIpc) is 2.03. The monoisotopic (exact) mass is 151 g/mol. The summed E-state index contributed by atoms with van der Waals surface area (Å²) in [5, 5.41) is 0. The van der Waals surface area contributed by atoms with Crippen LogP contribution >= 0.6 is 0 Å². The molecule has 0 rings (SSSR count). The van der Waals surface area contributed by atoms with Crippen molar-refractivity contribution in [1.82, 2.24) is 0 Å². The van der Waals surface area contributed by atoms with Gasteiger partial charge in [0.15, 0.2) is 0 Å². The third-order valence-corrected chi connectivity index (χ3v) is 1.63. The lowest BCUT2D eigenvalue weighted by atomic mass is 10.1. The fourth-order valence-corrected chi connectivity index (χ4v) is 0.649. The molecule has 0 radical (unpaired) electrons. The molecule has 0 aliphatic carbocycles. The van der Waals surface area contributed by atoms with Gasteiger partial charge >= 0.3 is 0 Å². The van der Waals surface area contributed by atoms with E-state index in [1.54, 1.807) is 0 Å². The Kier molecular flexibility index (Phi) is 5.49. The molecule has 0 heterocycles. The van der Waals surface area contributed by atoms with Crippen LogP contribution < -0.4 is 5.73 Å². The molecule has 0 aromatic rings. The van der Waals surface area contributed by atoms with E-state index in [4.69, 9.17) is 5.73 Å². The molecule has 0 aliphatic rings. The Balaban J connectivity index is 4.03. The van der Waals surface area contributed by atoms with Crippen LogP contribution in [-0.4, -0.2) is 6.54 Å². The van der Waals surface area contributed by atoms with E-state index in [-0.39, 0.29) is 0 Å². The molecule has 0 bridgehead atoms. The highest BCUT2D eigenvalue weighted by Gasteiger charge is 1.85. The van der Waals surface area contributed by atoms with Crippen LogP contribution in [0.3, 0.4) is 0 Å². The van der Waals surface area contributed by atoms with Crippen LogP contribution in [-0.2, 0) is 0 Å². The van der Waals surface area contributed by atoms with Gasteiger partial charge in [-0.1, -0.05) is 24.8 Å². The predicted molar refractivity (Wildman–Crippen MR) is 51.4 cm³/mol. The highest BCUT2D eigenvalue weighted by Crippen LogP contribution is 2.05. The minimum Gasteiger partial charge on any atom is -0.330 e. The van der Waals surface area contributed by atoms with E-state index in [0.717, 1.165) is 13.0 Å². The Labute approximate surface area is 69.3 Å². The normalized spacial score (nSPS) is 13.4. The summed E-state index contributed by atoms with van der Waals surface area (Å²) < 4.78 is 0. The van der Waals surface area contributed by atoms with Crippen molar-refractivity contribution in [2.24, 2.45) is 5.73 Å². The summed E-state index contributed by atoms with van der Waals surface area (Å²) in [4.78, 5) is 0. The molecule has 0 fully saturated rings. The van der Waals surface area contributed by atoms with Crippen LogP contribution in [0.5, 0.6) is 0 Å². The van der Waals surface area contributed by atoms with Crippen LogP contribution in [0.15, 0.2) is 36.0 Å². The van der Waals surface area contributed by atoms with Gasteiger partial charge in [0.25, 0.3) is 0 Å². The molecule has 0 atom stereocenters. The van der Waals surface area contributed by atoms with Gasteiger partial charge in [0.1, 0.15) is 0 Å². The van der Waals surface area contributed by atoms with Crippen molar-refractivity contribution < 1.29 is 0 Å². The molecule has 62 valence electrons. The average molecular weight is 151 g/mol. The lowest BCUT2D eigenvalue weighted by Gasteiger charge is -1.95. The number of hydrogen-bond acceptors (Lipinski definition) is 1. The first-order valence-corrected chi connectivity index (χ1v) is 3.89. The topological polar surface area (TPSA) is 26.0 Å². The zero-order valence-corrected chi connectivity index (χ0v) is 7.43. The summed E-state index contributed by atoms with van der Waals surface area (Å²) >= 11 is 0. The maximum Gasteiger partial charge on any atom is -0.00425 e. The molecule has 2 N–H and O–H groups in total. The van der Waals surface area contributed by atoms with Gasteiger partial charge in [0.05, 0.1) is 0 Å². The van der Waals surface area contributed by atoms with E-state index in [9.17, 15) is 0 Å². The van der Waals surface area contributed by atoms with Crippen LogP contribution in [0, 0.1) is 0 Å². The fraction of sp³-hybridized carbons (Fsp3) is 0.400. The summed E-state index contributed by atoms with van der Waals surface area (Å²) in [7, 11) is 0. The van der Waals surface area contributed by atoms with Crippen molar-refractivity contribution in [1.29, 1.82) is 0 Å². The first-order chi connectivity index (χ1) is 5.22. The Morgan fingerprint density at radius 2 is 2.00 bits per heavy atom. The molecule has 0 aromatic heterocycles. The molecule has 0 spiro atoms. The number of nitrogens with two attached hydrogens (primary N) is 1. The molecular formula is C10H17N. The maximum atomic E-state index is 5.34. The zero-order valence-electron chi connectivity index (χ0n) is 7.43. The third kappa shape index (κ3) is 4.57. The Bertz CT molecular complexity index is 175. The molecular weight excluding hydrogens is 134 g/mol. The van der Waals surface area contributed by atoms with E-state index in [2.05, 4.69) is 32.6 Å². The summed E-state index contributed by atoms with van der Waals surface area (Å²) in [5.74, 6) is 0. The molecule has 1 heteroatoms. The Hall–Kier alpha value is -0.820. The minimum atomic E-state index is 0.719. The van der Waals surface area contributed by atoms with E-state index in [1.165, 1.54) is 11.1 Å². The number of allylic oxidation sites excluding steroid dienone is 4. The lowest BCUT2D eigenvalue weighted by molar-refractivity contribution is 1.01. The van der Waals surface area contributed by atoms with Gasteiger partial charge in [-0.2, -0.15) is 0 Å². The SMILES string of the molecule is C=C/C(C)=C(C)\C=C/CCN. The summed E-state index contributed by atoms with van der Waals surface area (Å²) in [6.07, 6.45) is 6.98. The molecule has 0 aliphatic heterocycles. The number of rotatable bonds is 4. The molecule has 0 unspecified atom stereocenters. The second-order valence-corrected chi connectivity index (χ2v) is 2.55. The van der Waals surface area contributed by atoms with Crippen molar-refractivity contribution in [3.8, 4) is 0 Å². The van der Waals surface area contributed by atoms with Crippen molar-refractivity contribution in [3.63, 3.8) is 0 Å². The molecule has 0 saturated carbocycles. The quantitative estimate of drug-likeness (QED) is 0.613. The van der Waals surface area contributed by atoms with Crippen LogP contribution in [0.2, 0.25) is 0 Å². The third-order valence-electron chi connectivity index (χ3n) is 1.63. The zero-order chi connectivity index (χ0) is 8.69. The molecule has 0 aromatic carbocycles. The minimum absolute atomic E-state index is 0.719. The summed E-state index contributed by atoms with van der Waals surface area (Å²) in [6, 6.07) is 0. The molecule has 0 saturated heterocycles. The lowest BCUT2D eigenvalue weighted by Crippen LogP contribution is -1.95. The highest BCUT2D eigenvalue weighted by molar-refractivity contribution is 5.28. The van der Waals surface area contributed by atoms with Crippen molar-refractivity contribution in [2.75, 3.05) is 6.54 Å². The van der Waals surface area contributed by atoms with Crippen LogP contribution in [0.25, 0.3) is 0 Å². The van der Waals surface area contributed by atoms with E-state index < -0.39 is 0 Å². The highest BCUT2D eigenvalue weighted by atomic mass is 14.5. The van der Waals surface area contributed by atoms with Gasteiger partial charge in [0, 0.05) is 0 Å². The first-order valence-electron chi connectivity index (χ1n) is 3.89. The van der Waals surface area contributed by atoms with Gasteiger partial charge in [-0.05, 0) is 38.0 Å². The second-order valence-electron chi connectivity index (χ2n) is 2.55. The predicted octanol–water partition coefficient (Wildman–Crippen LogP) is 2.41. The summed E-state index contributed by atoms with van der Waals surface area (Å²) in [6.45, 7) is 8.54. The maximum absolute atomic E-state index is 5.34. The molecule has 11 heavy (non-hydrogen) atoms. The van der Waals surface area contributed by atoms with Crippen molar-refractivity contribution in [3.05, 3.63) is 36.0 Å². The smallest absolute Gasteiger partial charge is 0.00425 e. The van der Waals surface area contributed by atoms with Crippen molar-refractivity contribution >= 4 is 0 Å². The van der Waals surface area contributed by atoms with Gasteiger partial charge in [0.2, 0.25) is 0 Å². The largest absolute Gasteiger partial charge is 0.330 e. The van der Waals surface area contributed by atoms with E-state index in [1.807, 2.05) is 6.08 Å². The summed E-state index contributed by atoms with van der Waals surface area (Å²) in [5.41, 5.74) is 7.81. The van der Waals surface area contributed by atoms with Crippen molar-refractivity contribution in [2.45, 2.75) is 20.3 Å². The number of hydrogen-bond donors (Lipinski definition) is 1. The van der Waals surface area contributed by atoms with Gasteiger partial charge < -0.3 is 5.73 Å². The van der Waals surface area contributed by atoms with Crippen LogP contribution in [0.1, 0.15) is 20.3 Å². The van der Waals surface area contributed by atoms with Crippen LogP contribution in [0.4, 0.5) is 0 Å². The Morgan fingerprint density at radius 1 is 1.36 bits per heavy atom.